The number of carbonyl (C=O) groups is 3. The largest absolute Gasteiger partial charge is 0.493 e. The minimum atomic E-state index is -0.757. The van der Waals surface area contributed by atoms with Crippen molar-refractivity contribution in [3.8, 4) is 46.2 Å². The van der Waals surface area contributed by atoms with E-state index < -0.39 is 23.8 Å². The van der Waals surface area contributed by atoms with E-state index in [1.165, 1.54) is 14.7 Å². The van der Waals surface area contributed by atoms with E-state index in [-0.39, 0.29) is 42.5 Å². The smallest absolute Gasteiger partial charge is 0.410 e. The van der Waals surface area contributed by atoms with E-state index in [0.717, 1.165) is 109 Å². The fourth-order valence-corrected chi connectivity index (χ4v) is 15.4. The highest BCUT2D eigenvalue weighted by molar-refractivity contribution is 9.09. The number of rotatable bonds is 26. The number of halogens is 2. The quantitative estimate of drug-likeness (QED) is 0.0314. The van der Waals surface area contributed by atoms with Gasteiger partial charge in [-0.1, -0.05) is 148 Å². The van der Waals surface area contributed by atoms with Crippen molar-refractivity contribution in [3.63, 3.8) is 0 Å². The molecule has 12 heterocycles. The molecular formula is C103H132Br2N22O12. The molecule has 0 bridgehead atoms. The number of hydrogen-bond donors (Lipinski definition) is 5. The maximum atomic E-state index is 14.3. The Labute approximate surface area is 829 Å². The van der Waals surface area contributed by atoms with Gasteiger partial charge >= 0.3 is 6.09 Å². The zero-order chi connectivity index (χ0) is 98.8. The van der Waals surface area contributed by atoms with Crippen LogP contribution in [0.15, 0.2) is 216 Å². The summed E-state index contributed by atoms with van der Waals surface area (Å²) < 4.78 is 45.4. The van der Waals surface area contributed by atoms with Crippen LogP contribution >= 0.6 is 31.9 Å². The lowest BCUT2D eigenvalue weighted by Crippen LogP contribution is -2.51. The van der Waals surface area contributed by atoms with Gasteiger partial charge in [-0.25, -0.2) is 24.1 Å². The summed E-state index contributed by atoms with van der Waals surface area (Å²) in [7, 11) is 0. The SMILES string of the molecule is CC(C)CBr.CC(C)COc1ccc(N2CCN(C(=O)C(c3ccccc3)n3ncc4c3nc(N)n3nc(-c5ccco5)nc43)CC2)cc1.CC(C)COc1ccc(N2CCN(C(=O)OC(C)(C)C)CC2)cc1.CC(C)COc1ccc(N2CCNCC2)cc1.CC(O)CBr.CC(O)COc1ccc(N2CCN(C(=O)C(c3ccccc3)n3ncc4c3nc(N)n3nc(-c5ccco5)nc43)CC2)cc1. The lowest BCUT2D eigenvalue weighted by Gasteiger charge is -2.37. The van der Waals surface area contributed by atoms with Crippen molar-refractivity contribution in [2.75, 3.05) is 173 Å². The van der Waals surface area contributed by atoms with Crippen LogP contribution in [0.5, 0.6) is 23.0 Å². The van der Waals surface area contributed by atoms with Gasteiger partial charge in [0.1, 0.15) is 35.2 Å². The Balaban J connectivity index is 0.000000159. The number of benzene rings is 6. The van der Waals surface area contributed by atoms with E-state index in [4.69, 9.17) is 49.1 Å². The van der Waals surface area contributed by atoms with Gasteiger partial charge in [0.15, 0.2) is 46.2 Å². The molecule has 0 aliphatic carbocycles. The van der Waals surface area contributed by atoms with Gasteiger partial charge in [0.05, 0.1) is 67.7 Å². The third kappa shape index (κ3) is 28.4. The normalized spacial score (nSPS) is 15.0. The van der Waals surface area contributed by atoms with E-state index in [1.807, 2.05) is 140 Å². The first kappa shape index (κ1) is 103. The zero-order valence-electron chi connectivity index (χ0n) is 81.7. The van der Waals surface area contributed by atoms with Crippen LogP contribution in [0.25, 0.3) is 56.5 Å². The summed E-state index contributed by atoms with van der Waals surface area (Å²) in [6, 6.07) is 57.4. The number of aromatic nitrogens is 12. The minimum Gasteiger partial charge on any atom is -0.493 e. The molecule has 3 amide bonds. The van der Waals surface area contributed by atoms with Crippen LogP contribution in [0.2, 0.25) is 0 Å². The highest BCUT2D eigenvalue weighted by atomic mass is 79.9. The van der Waals surface area contributed by atoms with Crippen LogP contribution in [0.4, 0.5) is 39.4 Å². The molecule has 0 spiro atoms. The number of anilines is 6. The van der Waals surface area contributed by atoms with Gasteiger partial charge in [0.25, 0.3) is 11.8 Å². The lowest BCUT2D eigenvalue weighted by atomic mass is 10.0. The molecule has 36 heteroatoms. The molecule has 0 radical (unpaired) electrons. The summed E-state index contributed by atoms with van der Waals surface area (Å²) in [5.41, 5.74) is 20.3. The second-order valence-electron chi connectivity index (χ2n) is 37.1. The molecule has 740 valence electrons. The Morgan fingerprint density at radius 3 is 1.02 bits per heavy atom. The van der Waals surface area contributed by atoms with Gasteiger partial charge < -0.3 is 93.8 Å². The fourth-order valence-electron chi connectivity index (χ4n) is 15.4. The second-order valence-corrected chi connectivity index (χ2v) is 38.4. The van der Waals surface area contributed by atoms with Crippen LogP contribution in [0, 0.1) is 23.7 Å². The number of carbonyl (C=O) groups excluding carboxylic acids is 3. The molecule has 34 nitrogen and oxygen atoms in total. The van der Waals surface area contributed by atoms with Gasteiger partial charge in [0.2, 0.25) is 23.5 Å². The zero-order valence-corrected chi connectivity index (χ0v) is 84.9. The van der Waals surface area contributed by atoms with Crippen molar-refractivity contribution in [1.29, 1.82) is 0 Å². The van der Waals surface area contributed by atoms with Gasteiger partial charge in [-0.05, 0) is 191 Å². The third-order valence-corrected chi connectivity index (χ3v) is 24.8. The molecule has 8 aromatic heterocycles. The summed E-state index contributed by atoms with van der Waals surface area (Å²) >= 11 is 6.38. The average Bonchev–Trinajstić information content (AvgIpc) is 1.59. The Morgan fingerprint density at radius 2 is 0.727 bits per heavy atom. The van der Waals surface area contributed by atoms with Crippen LogP contribution in [-0.4, -0.2) is 261 Å². The van der Waals surface area contributed by atoms with E-state index in [2.05, 4.69) is 201 Å². The average molecular weight is 2030 g/mol. The number of nitrogens with one attached hydrogen (secondary N) is 1. The van der Waals surface area contributed by atoms with Gasteiger partial charge in [-0.15, -0.1) is 10.2 Å². The first-order valence-electron chi connectivity index (χ1n) is 47.6. The fraction of sp³-hybridized carbons (Fsp3) is 0.427. The van der Waals surface area contributed by atoms with Crippen molar-refractivity contribution in [2.45, 2.75) is 120 Å². The van der Waals surface area contributed by atoms with Gasteiger partial charge in [0, 0.05) is 138 Å². The predicted octanol–water partition coefficient (Wildman–Crippen LogP) is 16.0. The van der Waals surface area contributed by atoms with Crippen LogP contribution in [0.3, 0.4) is 0 Å². The lowest BCUT2D eigenvalue weighted by molar-refractivity contribution is -0.134. The molecule has 4 saturated heterocycles. The molecule has 4 fully saturated rings. The molecule has 6 aromatic carbocycles. The Bertz CT molecular complexity index is 5820. The number of hydrogen-bond acceptors (Lipinski definition) is 27. The molecule has 4 aliphatic heterocycles. The van der Waals surface area contributed by atoms with Crippen molar-refractivity contribution in [3.05, 3.63) is 218 Å². The number of ether oxygens (including phenoxy) is 5. The predicted molar refractivity (Wildman–Crippen MR) is 552 cm³/mol. The first-order valence-corrected chi connectivity index (χ1v) is 49.8. The van der Waals surface area contributed by atoms with E-state index in [0.29, 0.717) is 157 Å². The standard InChI is InChI=1S/C32H33N9O3.C31H31N9O4.C19H30N2O3.C14H22N2O.C4H9Br.C3H7BrO/c1-21(2)20-44-24-12-10-23(11-13-24)38-14-16-39(17-15-38)31(42)27(22-7-4-3-5-8-22)40-30-25(19-34-40)29-35-28(26-9-6-18-43-26)37-41(29)32(33)36-30;1-20(41)19-44-23-11-9-22(10-12-23)37-13-15-38(16-14-37)30(42)26(21-6-3-2-4-7-21)39-29-24(18-33-39)28-34-27(25-8-5-17-43-25)36-40(28)31(32)35-29;1-15(2)14-23-17-8-6-16(7-9-17)20-10-12-21(13-11-20)18(22)24-19(3,4)5;1-12(2)11-17-14-5-3-13(4-6-14)16-9-7-15-8-10-16;1-4(2)3-5;1-3(5)2-4/h3-13,18-19,21,27H,14-17,20H2,1-2H3,(H2,33,36);2-12,17-18,20,26,41H,13-16,19H2,1H3,(H2,32,35);6-9,15H,10-14H2,1-5H3;3-6,12,15H,7-11H2,1-2H3;4H,3H2,1-2H3;3,5H,2H2,1H3. The minimum absolute atomic E-state index is 0.0590. The highest BCUT2D eigenvalue weighted by Crippen LogP contribution is 2.35. The number of alkyl halides is 2. The monoisotopic (exact) mass is 2030 g/mol. The van der Waals surface area contributed by atoms with Crippen molar-refractivity contribution < 1.29 is 57.1 Å². The Hall–Kier alpha value is -13.0. The summed E-state index contributed by atoms with van der Waals surface area (Å²) in [5, 5.41) is 42.5. The number of furan rings is 2. The molecule has 18 rings (SSSR count). The van der Waals surface area contributed by atoms with E-state index in [1.54, 1.807) is 77.3 Å². The van der Waals surface area contributed by atoms with E-state index >= 15 is 0 Å². The maximum Gasteiger partial charge on any atom is 0.410 e. The van der Waals surface area contributed by atoms with Crippen LogP contribution in [-0.2, 0) is 14.3 Å². The number of nitrogens with zero attached hydrogens (tertiary/aromatic N) is 19. The summed E-state index contributed by atoms with van der Waals surface area (Å²) in [6.45, 7) is 41.0. The number of aliphatic hydroxyl groups excluding tert-OH is 2. The summed E-state index contributed by atoms with van der Waals surface area (Å²) in [4.78, 5) is 74.0. The van der Waals surface area contributed by atoms with Crippen molar-refractivity contribution in [1.82, 2.24) is 78.7 Å². The first-order chi connectivity index (χ1) is 67.0. The molecule has 4 atom stereocenters. The molecule has 4 aliphatic rings. The second kappa shape index (κ2) is 49.5. The summed E-state index contributed by atoms with van der Waals surface area (Å²) in [6.07, 6.45) is 5.47. The van der Waals surface area contributed by atoms with Crippen LogP contribution < -0.4 is 55.3 Å². The number of nitrogens with two attached hydrogens (primary N) is 2. The van der Waals surface area contributed by atoms with Gasteiger partial charge in [-0.3, -0.25) is 9.59 Å². The number of piperazine rings is 4. The highest BCUT2D eigenvalue weighted by Gasteiger charge is 2.36. The van der Waals surface area contributed by atoms with Crippen molar-refractivity contribution >= 4 is 118 Å². The Morgan fingerprint density at radius 1 is 0.403 bits per heavy atom. The topological polar surface area (TPSA) is 373 Å². The third-order valence-electron chi connectivity index (χ3n) is 22.6. The molecule has 139 heavy (non-hydrogen) atoms. The number of amides is 3. The Kier molecular flexibility index (Phi) is 36.8. The van der Waals surface area contributed by atoms with Crippen LogP contribution in [0.1, 0.15) is 113 Å². The maximum absolute atomic E-state index is 14.3. The number of nitrogen functional groups attached to an aromatic ring is 2. The molecule has 4 unspecified atom stereocenters. The molecular weight excluding hydrogens is 1900 g/mol. The molecule has 14 aromatic rings. The number of aliphatic hydroxyl groups is 2. The molecule has 7 N–H and O–H groups in total. The summed E-state index contributed by atoms with van der Waals surface area (Å²) in [5.74, 6) is 7.69. The molecule has 0 saturated carbocycles. The van der Waals surface area contributed by atoms with Gasteiger partial charge in [-0.2, -0.15) is 29.2 Å². The van der Waals surface area contributed by atoms with Crippen molar-refractivity contribution in [2.24, 2.45) is 23.7 Å². The number of fused-ring (bicyclic) bond motifs is 6. The van der Waals surface area contributed by atoms with E-state index in [9.17, 15) is 19.5 Å².